The summed E-state index contributed by atoms with van der Waals surface area (Å²) in [4.78, 5) is 3.04. The lowest BCUT2D eigenvalue weighted by molar-refractivity contribution is -0.143. The Balaban J connectivity index is 2.38. The summed E-state index contributed by atoms with van der Waals surface area (Å²) in [5.41, 5.74) is -0.258. The molecule has 0 saturated carbocycles. The van der Waals surface area contributed by atoms with E-state index in [1.807, 2.05) is 0 Å². The third-order valence-electron chi connectivity index (χ3n) is 2.94. The SMILES string of the molecule is CC1=C(O)N(c2cc(C(F)(F)F)n(C)n2)CN1C. The van der Waals surface area contributed by atoms with Gasteiger partial charge in [-0.3, -0.25) is 9.58 Å². The van der Waals surface area contributed by atoms with Crippen LogP contribution in [0.2, 0.25) is 0 Å². The summed E-state index contributed by atoms with van der Waals surface area (Å²) in [7, 11) is 2.96. The standard InChI is InChI=1S/C10H13F3N4O/c1-6-9(18)17(5-15(6)2)8-4-7(10(11,12)13)16(3)14-8/h4,18H,5H2,1-3H3. The minimum atomic E-state index is -4.46. The lowest BCUT2D eigenvalue weighted by Gasteiger charge is -2.16. The Morgan fingerprint density at radius 3 is 2.33 bits per heavy atom. The van der Waals surface area contributed by atoms with E-state index in [0.29, 0.717) is 5.70 Å². The lowest BCUT2D eigenvalue weighted by atomic mass is 10.4. The van der Waals surface area contributed by atoms with Gasteiger partial charge in [0.25, 0.3) is 0 Å². The topological polar surface area (TPSA) is 44.5 Å². The highest BCUT2D eigenvalue weighted by atomic mass is 19.4. The molecule has 100 valence electrons. The van der Waals surface area contributed by atoms with Crippen LogP contribution < -0.4 is 4.90 Å². The number of rotatable bonds is 1. The second-order valence-electron chi connectivity index (χ2n) is 4.19. The number of nitrogens with zero attached hydrogens (tertiary/aromatic N) is 4. The number of alkyl halides is 3. The molecule has 18 heavy (non-hydrogen) atoms. The van der Waals surface area contributed by atoms with Crippen molar-refractivity contribution >= 4 is 5.82 Å². The van der Waals surface area contributed by atoms with Crippen LogP contribution in [0.1, 0.15) is 12.6 Å². The molecule has 0 amide bonds. The molecule has 1 aliphatic rings. The first-order valence-electron chi connectivity index (χ1n) is 5.21. The fourth-order valence-electron chi connectivity index (χ4n) is 1.78. The largest absolute Gasteiger partial charge is 0.493 e. The maximum atomic E-state index is 12.6. The van der Waals surface area contributed by atoms with E-state index in [-0.39, 0.29) is 18.4 Å². The highest BCUT2D eigenvalue weighted by Gasteiger charge is 2.37. The average Bonchev–Trinajstić information content (AvgIpc) is 2.74. The summed E-state index contributed by atoms with van der Waals surface area (Å²) in [6, 6.07) is 0.919. The van der Waals surface area contributed by atoms with Gasteiger partial charge in [-0.2, -0.15) is 18.3 Å². The highest BCUT2D eigenvalue weighted by Crippen LogP contribution is 2.33. The molecule has 0 atom stereocenters. The zero-order valence-corrected chi connectivity index (χ0v) is 10.2. The van der Waals surface area contributed by atoms with Crippen molar-refractivity contribution in [3.8, 4) is 0 Å². The summed E-state index contributed by atoms with van der Waals surface area (Å²) in [5.74, 6) is -0.00431. The Morgan fingerprint density at radius 2 is 1.94 bits per heavy atom. The van der Waals surface area contributed by atoms with Gasteiger partial charge < -0.3 is 10.0 Å². The van der Waals surface area contributed by atoms with Gasteiger partial charge in [0.05, 0.1) is 12.4 Å². The minimum absolute atomic E-state index is 0.0750. The van der Waals surface area contributed by atoms with Crippen LogP contribution in [0.5, 0.6) is 0 Å². The molecule has 0 fully saturated rings. The van der Waals surface area contributed by atoms with Crippen LogP contribution in [0.15, 0.2) is 17.6 Å². The number of anilines is 1. The van der Waals surface area contributed by atoms with E-state index in [1.165, 1.54) is 11.9 Å². The molecule has 8 heteroatoms. The molecule has 0 radical (unpaired) electrons. The molecule has 0 saturated heterocycles. The molecule has 0 bridgehead atoms. The van der Waals surface area contributed by atoms with E-state index < -0.39 is 11.9 Å². The van der Waals surface area contributed by atoms with E-state index in [0.717, 1.165) is 10.7 Å². The molecule has 0 aliphatic carbocycles. The molecule has 1 aliphatic heterocycles. The third-order valence-corrected chi connectivity index (χ3v) is 2.94. The lowest BCUT2D eigenvalue weighted by Crippen LogP contribution is -2.25. The quantitative estimate of drug-likeness (QED) is 0.839. The minimum Gasteiger partial charge on any atom is -0.493 e. The number of aliphatic hydroxyl groups excluding tert-OH is 1. The average molecular weight is 262 g/mol. The second kappa shape index (κ2) is 3.82. The van der Waals surface area contributed by atoms with E-state index in [4.69, 9.17) is 0 Å². The smallest absolute Gasteiger partial charge is 0.433 e. The highest BCUT2D eigenvalue weighted by molar-refractivity contribution is 5.48. The Hall–Kier alpha value is -1.86. The van der Waals surface area contributed by atoms with Gasteiger partial charge in [0.15, 0.2) is 5.82 Å². The van der Waals surface area contributed by atoms with Crippen LogP contribution in [0.4, 0.5) is 19.0 Å². The molecule has 1 N–H and O–H groups in total. The van der Waals surface area contributed by atoms with Crippen molar-refractivity contribution in [1.29, 1.82) is 0 Å². The summed E-state index contributed by atoms with van der Waals surface area (Å²) < 4.78 is 38.7. The van der Waals surface area contributed by atoms with Gasteiger partial charge in [0.2, 0.25) is 5.88 Å². The second-order valence-corrected chi connectivity index (χ2v) is 4.19. The summed E-state index contributed by atoms with van der Waals surface area (Å²) in [5, 5.41) is 13.6. The molecule has 1 aromatic rings. The molecular weight excluding hydrogens is 249 g/mol. The Bertz CT molecular complexity index is 506. The van der Waals surface area contributed by atoms with E-state index in [9.17, 15) is 18.3 Å². The van der Waals surface area contributed by atoms with E-state index >= 15 is 0 Å². The molecule has 0 unspecified atom stereocenters. The first-order chi connectivity index (χ1) is 8.21. The van der Waals surface area contributed by atoms with Crippen molar-refractivity contribution in [2.45, 2.75) is 13.1 Å². The Labute approximate surface area is 102 Å². The van der Waals surface area contributed by atoms with Crippen LogP contribution in [0.25, 0.3) is 0 Å². The first-order valence-corrected chi connectivity index (χ1v) is 5.21. The van der Waals surface area contributed by atoms with Crippen LogP contribution in [0, 0.1) is 0 Å². The zero-order valence-electron chi connectivity index (χ0n) is 10.2. The number of aliphatic hydroxyl groups is 1. The van der Waals surface area contributed by atoms with Crippen molar-refractivity contribution in [3.63, 3.8) is 0 Å². The Morgan fingerprint density at radius 1 is 1.33 bits per heavy atom. The monoisotopic (exact) mass is 262 g/mol. The number of hydrogen-bond acceptors (Lipinski definition) is 4. The predicted octanol–water partition coefficient (Wildman–Crippen LogP) is 1.90. The van der Waals surface area contributed by atoms with Gasteiger partial charge in [0, 0.05) is 20.2 Å². The van der Waals surface area contributed by atoms with Gasteiger partial charge in [-0.25, -0.2) is 0 Å². The van der Waals surface area contributed by atoms with Crippen LogP contribution in [0.3, 0.4) is 0 Å². The summed E-state index contributed by atoms with van der Waals surface area (Å²) in [6.07, 6.45) is -4.46. The predicted molar refractivity (Wildman–Crippen MR) is 58.6 cm³/mol. The van der Waals surface area contributed by atoms with Gasteiger partial charge in [-0.15, -0.1) is 0 Å². The van der Waals surface area contributed by atoms with Crippen LogP contribution in [-0.4, -0.2) is 33.5 Å². The molecule has 2 rings (SSSR count). The Kier molecular flexibility index (Phi) is 2.67. The maximum absolute atomic E-state index is 12.6. The molecule has 2 heterocycles. The van der Waals surface area contributed by atoms with Gasteiger partial charge in [0.1, 0.15) is 5.69 Å². The number of allylic oxidation sites excluding steroid dienone is 1. The third kappa shape index (κ3) is 1.87. The number of hydrogen-bond donors (Lipinski definition) is 1. The first kappa shape index (κ1) is 12.6. The van der Waals surface area contributed by atoms with Crippen molar-refractivity contribution < 1.29 is 18.3 Å². The molecule has 0 aromatic carbocycles. The zero-order chi connectivity index (χ0) is 13.7. The molecular formula is C10H13F3N4O. The molecule has 1 aromatic heterocycles. The molecule has 0 spiro atoms. The van der Waals surface area contributed by atoms with Crippen molar-refractivity contribution in [2.75, 3.05) is 18.6 Å². The van der Waals surface area contributed by atoms with Crippen LogP contribution in [-0.2, 0) is 13.2 Å². The maximum Gasteiger partial charge on any atom is 0.433 e. The van der Waals surface area contributed by atoms with Crippen molar-refractivity contribution in [1.82, 2.24) is 14.7 Å². The van der Waals surface area contributed by atoms with E-state index in [1.54, 1.807) is 18.9 Å². The van der Waals surface area contributed by atoms with Gasteiger partial charge >= 0.3 is 6.18 Å². The fraction of sp³-hybridized carbons (Fsp3) is 0.500. The van der Waals surface area contributed by atoms with Crippen molar-refractivity contribution in [3.05, 3.63) is 23.3 Å². The number of halogens is 3. The normalized spacial score (nSPS) is 17.0. The number of aromatic nitrogens is 2. The fourth-order valence-corrected chi connectivity index (χ4v) is 1.78. The molecule has 5 nitrogen and oxygen atoms in total. The van der Waals surface area contributed by atoms with Crippen molar-refractivity contribution in [2.24, 2.45) is 7.05 Å². The summed E-state index contributed by atoms with van der Waals surface area (Å²) >= 11 is 0. The van der Waals surface area contributed by atoms with Gasteiger partial charge in [-0.1, -0.05) is 0 Å². The number of aryl methyl sites for hydroxylation is 1. The van der Waals surface area contributed by atoms with Gasteiger partial charge in [-0.05, 0) is 6.92 Å². The van der Waals surface area contributed by atoms with Crippen LogP contribution >= 0.6 is 0 Å². The summed E-state index contributed by atoms with van der Waals surface area (Å²) in [6.45, 7) is 1.95. The van der Waals surface area contributed by atoms with E-state index in [2.05, 4.69) is 5.10 Å².